The van der Waals surface area contributed by atoms with Gasteiger partial charge in [0.15, 0.2) is 0 Å². The Morgan fingerprint density at radius 2 is 1.94 bits per heavy atom. The molecule has 16 heavy (non-hydrogen) atoms. The van der Waals surface area contributed by atoms with E-state index in [-0.39, 0.29) is 5.97 Å². The van der Waals surface area contributed by atoms with Crippen molar-refractivity contribution in [3.05, 3.63) is 24.8 Å². The molecular formula is C11H20N2O3. The van der Waals surface area contributed by atoms with Crippen LogP contribution in [-0.2, 0) is 14.3 Å². The lowest BCUT2D eigenvalue weighted by atomic mass is 10.3. The average molecular weight is 228 g/mol. The van der Waals surface area contributed by atoms with E-state index in [0.717, 1.165) is 12.6 Å². The summed E-state index contributed by atoms with van der Waals surface area (Å²) >= 11 is 0. The molecule has 0 aliphatic heterocycles. The van der Waals surface area contributed by atoms with E-state index in [2.05, 4.69) is 24.2 Å². The predicted molar refractivity (Wildman–Crippen MR) is 63.7 cm³/mol. The van der Waals surface area contributed by atoms with Gasteiger partial charge < -0.3 is 15.8 Å². The van der Waals surface area contributed by atoms with Gasteiger partial charge >= 0.3 is 5.97 Å². The second kappa shape index (κ2) is 11.5. The van der Waals surface area contributed by atoms with Crippen LogP contribution in [0, 0.1) is 0 Å². The minimum absolute atomic E-state index is 0.312. The van der Waals surface area contributed by atoms with Crippen molar-refractivity contribution < 1.29 is 14.3 Å². The van der Waals surface area contributed by atoms with Crippen LogP contribution in [0.2, 0.25) is 0 Å². The number of esters is 1. The maximum atomic E-state index is 10.9. The first-order valence-corrected chi connectivity index (χ1v) is 4.97. The molecule has 1 amide bonds. The third kappa shape index (κ3) is 12.4. The van der Waals surface area contributed by atoms with Gasteiger partial charge in [-0.05, 0) is 19.5 Å². The maximum absolute atomic E-state index is 10.9. The van der Waals surface area contributed by atoms with Gasteiger partial charge in [0, 0.05) is 12.1 Å². The maximum Gasteiger partial charge on any atom is 0.334 e. The molecule has 0 unspecified atom stereocenters. The molecular weight excluding hydrogens is 208 g/mol. The van der Waals surface area contributed by atoms with E-state index in [4.69, 9.17) is 4.74 Å². The van der Waals surface area contributed by atoms with Crippen molar-refractivity contribution in [2.45, 2.75) is 13.8 Å². The first kappa shape index (κ1) is 16.8. The van der Waals surface area contributed by atoms with Crippen molar-refractivity contribution in [3.8, 4) is 0 Å². The number of carbonyl (C=O) groups excluding carboxylic acids is 2. The van der Waals surface area contributed by atoms with Gasteiger partial charge in [-0.25, -0.2) is 4.79 Å². The van der Waals surface area contributed by atoms with Crippen molar-refractivity contribution in [2.75, 3.05) is 19.7 Å². The molecule has 0 aliphatic rings. The number of ether oxygens (including phenoxy) is 1. The molecule has 0 atom stereocenters. The third-order valence-electron chi connectivity index (χ3n) is 1.35. The molecule has 0 aliphatic carbocycles. The number of primary amides is 1. The van der Waals surface area contributed by atoms with E-state index >= 15 is 0 Å². The Labute approximate surface area is 96.3 Å². The fraction of sp³-hybridized carbons (Fsp3) is 0.455. The standard InChI is InChI=1S/C8H15NO2.C3H5NO/c1-4-9-6-7(3)8(10)11-5-2;1-2-3(4)5/h9H,3-6H2,1-2H3;2H,1H2,(H2,4,5). The monoisotopic (exact) mass is 228 g/mol. The fourth-order valence-corrected chi connectivity index (χ4v) is 0.581. The molecule has 5 nitrogen and oxygen atoms in total. The summed E-state index contributed by atoms with van der Waals surface area (Å²) in [7, 11) is 0. The normalized spacial score (nSPS) is 8.38. The zero-order valence-corrected chi connectivity index (χ0v) is 9.91. The molecule has 0 aromatic carbocycles. The average Bonchev–Trinajstić information content (AvgIpc) is 2.26. The summed E-state index contributed by atoms with van der Waals surface area (Å²) in [5.74, 6) is -0.793. The van der Waals surface area contributed by atoms with Crippen LogP contribution in [0.5, 0.6) is 0 Å². The molecule has 0 saturated carbocycles. The second-order valence-electron chi connectivity index (χ2n) is 2.71. The Kier molecular flexibility index (Phi) is 12.0. The Balaban J connectivity index is 0. The number of nitrogens with one attached hydrogen (secondary N) is 1. The first-order chi connectivity index (χ1) is 7.49. The van der Waals surface area contributed by atoms with Gasteiger partial charge in [0.1, 0.15) is 0 Å². The highest BCUT2D eigenvalue weighted by Crippen LogP contribution is 1.91. The molecule has 0 saturated heterocycles. The molecule has 0 fully saturated rings. The summed E-state index contributed by atoms with van der Waals surface area (Å²) in [6, 6.07) is 0. The number of amides is 1. The Bertz CT molecular complexity index is 250. The lowest BCUT2D eigenvalue weighted by Gasteiger charge is -2.04. The summed E-state index contributed by atoms with van der Waals surface area (Å²) in [6.45, 7) is 12.2. The highest BCUT2D eigenvalue weighted by molar-refractivity contribution is 5.88. The Hall–Kier alpha value is -1.62. The Morgan fingerprint density at radius 3 is 2.25 bits per heavy atom. The molecule has 0 spiro atoms. The van der Waals surface area contributed by atoms with Crippen LogP contribution in [0.4, 0.5) is 0 Å². The van der Waals surface area contributed by atoms with Crippen LogP contribution in [0.25, 0.3) is 0 Å². The summed E-state index contributed by atoms with van der Waals surface area (Å²) < 4.78 is 4.72. The van der Waals surface area contributed by atoms with Crippen LogP contribution in [0.15, 0.2) is 24.8 Å². The van der Waals surface area contributed by atoms with Crippen molar-refractivity contribution in [1.29, 1.82) is 0 Å². The summed E-state index contributed by atoms with van der Waals surface area (Å²) in [6.07, 6.45) is 1.06. The van der Waals surface area contributed by atoms with Gasteiger partial charge in [-0.1, -0.05) is 20.1 Å². The van der Waals surface area contributed by atoms with Gasteiger partial charge in [-0.15, -0.1) is 0 Å². The predicted octanol–water partition coefficient (Wildman–Crippen LogP) is 0.373. The van der Waals surface area contributed by atoms with E-state index in [1.165, 1.54) is 0 Å². The first-order valence-electron chi connectivity index (χ1n) is 4.97. The van der Waals surface area contributed by atoms with E-state index in [0.29, 0.717) is 18.7 Å². The zero-order chi connectivity index (χ0) is 13.0. The van der Waals surface area contributed by atoms with Crippen molar-refractivity contribution in [2.24, 2.45) is 5.73 Å². The smallest absolute Gasteiger partial charge is 0.334 e. The number of likely N-dealkylation sites (N-methyl/N-ethyl adjacent to an activating group) is 1. The van der Waals surface area contributed by atoms with E-state index < -0.39 is 5.91 Å². The van der Waals surface area contributed by atoms with Crippen molar-refractivity contribution >= 4 is 11.9 Å². The van der Waals surface area contributed by atoms with Crippen LogP contribution < -0.4 is 11.1 Å². The number of rotatable bonds is 6. The minimum atomic E-state index is -0.481. The number of hydrogen-bond donors (Lipinski definition) is 2. The highest BCUT2D eigenvalue weighted by atomic mass is 16.5. The van der Waals surface area contributed by atoms with Gasteiger partial charge in [0.05, 0.1) is 6.61 Å². The van der Waals surface area contributed by atoms with Crippen molar-refractivity contribution in [3.63, 3.8) is 0 Å². The van der Waals surface area contributed by atoms with Gasteiger partial charge in [-0.2, -0.15) is 0 Å². The lowest BCUT2D eigenvalue weighted by molar-refractivity contribution is -0.138. The minimum Gasteiger partial charge on any atom is -0.463 e. The Morgan fingerprint density at radius 1 is 1.44 bits per heavy atom. The number of nitrogens with two attached hydrogens (primary N) is 1. The molecule has 0 rings (SSSR count). The van der Waals surface area contributed by atoms with Crippen LogP contribution in [0.1, 0.15) is 13.8 Å². The molecule has 0 bridgehead atoms. The topological polar surface area (TPSA) is 81.4 Å². The molecule has 0 aromatic heterocycles. The molecule has 0 heterocycles. The lowest BCUT2D eigenvalue weighted by Crippen LogP contribution is -2.21. The van der Waals surface area contributed by atoms with E-state index in [9.17, 15) is 9.59 Å². The molecule has 5 heteroatoms. The zero-order valence-electron chi connectivity index (χ0n) is 9.91. The van der Waals surface area contributed by atoms with Crippen LogP contribution in [-0.4, -0.2) is 31.6 Å². The molecule has 92 valence electrons. The molecule has 3 N–H and O–H groups in total. The van der Waals surface area contributed by atoms with Crippen LogP contribution in [0.3, 0.4) is 0 Å². The number of hydrogen-bond acceptors (Lipinski definition) is 4. The number of carbonyl (C=O) groups is 2. The van der Waals surface area contributed by atoms with E-state index in [1.807, 2.05) is 6.92 Å². The quantitative estimate of drug-likeness (QED) is 0.508. The van der Waals surface area contributed by atoms with Crippen molar-refractivity contribution in [1.82, 2.24) is 5.32 Å². The summed E-state index contributed by atoms with van der Waals surface area (Å²) in [5, 5.41) is 2.99. The van der Waals surface area contributed by atoms with Gasteiger partial charge in [0.25, 0.3) is 0 Å². The molecule has 0 aromatic rings. The fourth-order valence-electron chi connectivity index (χ4n) is 0.581. The van der Waals surface area contributed by atoms with Gasteiger partial charge in [-0.3, -0.25) is 4.79 Å². The SMILES string of the molecule is C=C(CNCC)C(=O)OCC.C=CC(N)=O. The summed E-state index contributed by atoms with van der Waals surface area (Å²) in [4.78, 5) is 20.4. The van der Waals surface area contributed by atoms with Gasteiger partial charge in [0.2, 0.25) is 5.91 Å². The largest absolute Gasteiger partial charge is 0.463 e. The summed E-state index contributed by atoms with van der Waals surface area (Å²) in [5.41, 5.74) is 5.02. The van der Waals surface area contributed by atoms with E-state index in [1.54, 1.807) is 6.92 Å². The molecule has 0 radical (unpaired) electrons. The highest BCUT2D eigenvalue weighted by Gasteiger charge is 2.05. The second-order valence-corrected chi connectivity index (χ2v) is 2.71. The third-order valence-corrected chi connectivity index (χ3v) is 1.35. The van der Waals surface area contributed by atoms with Crippen LogP contribution >= 0.6 is 0 Å².